The van der Waals surface area contributed by atoms with E-state index in [4.69, 9.17) is 5.73 Å². The van der Waals surface area contributed by atoms with Gasteiger partial charge in [0.2, 0.25) is 0 Å². The van der Waals surface area contributed by atoms with Crippen LogP contribution in [0.15, 0.2) is 18.2 Å². The van der Waals surface area contributed by atoms with Crippen LogP contribution in [-0.2, 0) is 0 Å². The SMILES string of the molecule is CC(C)Nc1ccc(N)cc1[N+](=O)[O-]. The van der Waals surface area contributed by atoms with E-state index in [0.717, 1.165) is 0 Å². The monoisotopic (exact) mass is 195 g/mol. The number of nitrogens with one attached hydrogen (secondary N) is 1. The summed E-state index contributed by atoms with van der Waals surface area (Å²) in [5, 5.41) is 13.7. The van der Waals surface area contributed by atoms with Crippen molar-refractivity contribution >= 4 is 17.1 Å². The van der Waals surface area contributed by atoms with Crippen LogP contribution in [0.4, 0.5) is 17.1 Å². The Morgan fingerprint density at radius 2 is 2.14 bits per heavy atom. The zero-order valence-electron chi connectivity index (χ0n) is 8.15. The van der Waals surface area contributed by atoms with Gasteiger partial charge >= 0.3 is 0 Å². The molecule has 0 aliphatic heterocycles. The lowest BCUT2D eigenvalue weighted by molar-refractivity contribution is -0.383. The summed E-state index contributed by atoms with van der Waals surface area (Å²) in [7, 11) is 0. The van der Waals surface area contributed by atoms with Gasteiger partial charge < -0.3 is 11.1 Å². The molecule has 5 heteroatoms. The molecule has 0 bridgehead atoms. The van der Waals surface area contributed by atoms with Gasteiger partial charge in [-0.2, -0.15) is 0 Å². The van der Waals surface area contributed by atoms with E-state index < -0.39 is 4.92 Å². The Morgan fingerprint density at radius 1 is 1.50 bits per heavy atom. The molecule has 0 aromatic heterocycles. The van der Waals surface area contributed by atoms with E-state index in [1.165, 1.54) is 6.07 Å². The molecule has 1 rings (SSSR count). The van der Waals surface area contributed by atoms with Crippen molar-refractivity contribution in [2.75, 3.05) is 11.1 Å². The molecule has 0 spiro atoms. The number of nitrogen functional groups attached to an aromatic ring is 1. The van der Waals surface area contributed by atoms with Gasteiger partial charge in [0.25, 0.3) is 5.69 Å². The van der Waals surface area contributed by atoms with Crippen molar-refractivity contribution in [3.63, 3.8) is 0 Å². The van der Waals surface area contributed by atoms with Gasteiger partial charge in [-0.1, -0.05) is 0 Å². The summed E-state index contributed by atoms with van der Waals surface area (Å²) < 4.78 is 0. The molecule has 0 amide bonds. The summed E-state index contributed by atoms with van der Waals surface area (Å²) in [6.07, 6.45) is 0. The Kier molecular flexibility index (Phi) is 2.91. The fourth-order valence-corrected chi connectivity index (χ4v) is 1.13. The number of hydrogen-bond acceptors (Lipinski definition) is 4. The van der Waals surface area contributed by atoms with E-state index in [9.17, 15) is 10.1 Å². The average Bonchev–Trinajstić information content (AvgIpc) is 2.07. The molecule has 0 atom stereocenters. The molecule has 14 heavy (non-hydrogen) atoms. The smallest absolute Gasteiger partial charge is 0.294 e. The van der Waals surface area contributed by atoms with E-state index >= 15 is 0 Å². The Balaban J connectivity index is 3.08. The number of nitrogens with two attached hydrogens (primary N) is 1. The Hall–Kier alpha value is -1.78. The summed E-state index contributed by atoms with van der Waals surface area (Å²) in [5.41, 5.74) is 6.37. The number of anilines is 2. The molecule has 3 N–H and O–H groups in total. The highest BCUT2D eigenvalue weighted by Gasteiger charge is 2.13. The van der Waals surface area contributed by atoms with Crippen LogP contribution in [0.3, 0.4) is 0 Å². The van der Waals surface area contributed by atoms with E-state index in [1.54, 1.807) is 12.1 Å². The molecule has 0 heterocycles. The predicted octanol–water partition coefficient (Wildman–Crippen LogP) is 2.00. The molecule has 0 unspecified atom stereocenters. The minimum Gasteiger partial charge on any atom is -0.399 e. The van der Waals surface area contributed by atoms with Crippen LogP contribution in [0.1, 0.15) is 13.8 Å². The number of hydrogen-bond donors (Lipinski definition) is 2. The second kappa shape index (κ2) is 3.95. The fraction of sp³-hybridized carbons (Fsp3) is 0.333. The summed E-state index contributed by atoms with van der Waals surface area (Å²) in [4.78, 5) is 10.2. The lowest BCUT2D eigenvalue weighted by Gasteiger charge is -2.10. The molecule has 0 radical (unpaired) electrons. The Bertz CT molecular complexity index is 350. The molecule has 0 fully saturated rings. The quantitative estimate of drug-likeness (QED) is 0.439. The first-order valence-electron chi connectivity index (χ1n) is 4.31. The molecular weight excluding hydrogens is 182 g/mol. The minimum absolute atomic E-state index is 0.0127. The second-order valence-electron chi connectivity index (χ2n) is 3.33. The molecule has 1 aromatic rings. The highest BCUT2D eigenvalue weighted by Crippen LogP contribution is 2.26. The van der Waals surface area contributed by atoms with Gasteiger partial charge in [0, 0.05) is 17.8 Å². The van der Waals surface area contributed by atoms with Crippen molar-refractivity contribution in [3.05, 3.63) is 28.3 Å². The molecule has 0 aliphatic carbocycles. The van der Waals surface area contributed by atoms with Crippen molar-refractivity contribution in [1.82, 2.24) is 0 Å². The van der Waals surface area contributed by atoms with Crippen molar-refractivity contribution in [2.24, 2.45) is 0 Å². The first kappa shape index (κ1) is 10.3. The Labute approximate surface area is 82.1 Å². The largest absolute Gasteiger partial charge is 0.399 e. The summed E-state index contributed by atoms with van der Waals surface area (Å²) in [6.45, 7) is 3.83. The van der Waals surface area contributed by atoms with Crippen molar-refractivity contribution in [3.8, 4) is 0 Å². The fourth-order valence-electron chi connectivity index (χ4n) is 1.13. The molecular formula is C9H13N3O2. The lowest BCUT2D eigenvalue weighted by atomic mass is 10.2. The van der Waals surface area contributed by atoms with E-state index in [1.807, 2.05) is 13.8 Å². The number of benzene rings is 1. The maximum Gasteiger partial charge on any atom is 0.294 e. The Morgan fingerprint density at radius 3 is 2.64 bits per heavy atom. The van der Waals surface area contributed by atoms with E-state index in [-0.39, 0.29) is 11.7 Å². The molecule has 5 nitrogen and oxygen atoms in total. The van der Waals surface area contributed by atoms with Gasteiger partial charge in [-0.15, -0.1) is 0 Å². The van der Waals surface area contributed by atoms with Crippen LogP contribution < -0.4 is 11.1 Å². The predicted molar refractivity (Wildman–Crippen MR) is 56.3 cm³/mol. The third-order valence-electron chi connectivity index (χ3n) is 1.66. The van der Waals surface area contributed by atoms with Crippen molar-refractivity contribution in [1.29, 1.82) is 0 Å². The molecule has 0 aliphatic rings. The summed E-state index contributed by atoms with van der Waals surface area (Å²) >= 11 is 0. The number of rotatable bonds is 3. The molecule has 76 valence electrons. The number of nitro groups is 1. The maximum absolute atomic E-state index is 10.7. The van der Waals surface area contributed by atoms with Crippen LogP contribution in [0, 0.1) is 10.1 Å². The van der Waals surface area contributed by atoms with E-state index in [0.29, 0.717) is 11.4 Å². The normalized spacial score (nSPS) is 10.2. The second-order valence-corrected chi connectivity index (χ2v) is 3.33. The zero-order chi connectivity index (χ0) is 10.7. The van der Waals surface area contributed by atoms with Crippen LogP contribution in [-0.4, -0.2) is 11.0 Å². The van der Waals surface area contributed by atoms with Crippen LogP contribution >= 0.6 is 0 Å². The topological polar surface area (TPSA) is 81.2 Å². The number of nitrogens with zero attached hydrogens (tertiary/aromatic N) is 1. The van der Waals surface area contributed by atoms with Gasteiger partial charge in [-0.05, 0) is 26.0 Å². The van der Waals surface area contributed by atoms with Crippen molar-refractivity contribution in [2.45, 2.75) is 19.9 Å². The van der Waals surface area contributed by atoms with Gasteiger partial charge in [-0.3, -0.25) is 10.1 Å². The number of nitro benzene ring substituents is 1. The summed E-state index contributed by atoms with van der Waals surface area (Å²) in [6, 6.07) is 4.76. The average molecular weight is 195 g/mol. The zero-order valence-corrected chi connectivity index (χ0v) is 8.15. The first-order valence-corrected chi connectivity index (χ1v) is 4.31. The van der Waals surface area contributed by atoms with Crippen molar-refractivity contribution < 1.29 is 4.92 Å². The van der Waals surface area contributed by atoms with Gasteiger partial charge in [0.05, 0.1) is 4.92 Å². The van der Waals surface area contributed by atoms with Crippen LogP contribution in [0.5, 0.6) is 0 Å². The third kappa shape index (κ3) is 2.35. The highest BCUT2D eigenvalue weighted by molar-refractivity contribution is 5.66. The standard InChI is InChI=1S/C9H13N3O2/c1-6(2)11-8-4-3-7(10)5-9(8)12(13)14/h3-6,11H,10H2,1-2H3. The lowest BCUT2D eigenvalue weighted by Crippen LogP contribution is -2.11. The molecule has 0 saturated carbocycles. The first-order chi connectivity index (χ1) is 6.50. The van der Waals surface area contributed by atoms with Crippen LogP contribution in [0.25, 0.3) is 0 Å². The van der Waals surface area contributed by atoms with Gasteiger partial charge in [0.15, 0.2) is 0 Å². The molecule has 0 saturated heterocycles. The minimum atomic E-state index is -0.443. The van der Waals surface area contributed by atoms with Gasteiger partial charge in [0.1, 0.15) is 5.69 Å². The highest BCUT2D eigenvalue weighted by atomic mass is 16.6. The van der Waals surface area contributed by atoms with E-state index in [2.05, 4.69) is 5.32 Å². The summed E-state index contributed by atoms with van der Waals surface area (Å²) in [5.74, 6) is 0. The van der Waals surface area contributed by atoms with Gasteiger partial charge in [-0.25, -0.2) is 0 Å². The van der Waals surface area contributed by atoms with Crippen LogP contribution in [0.2, 0.25) is 0 Å². The third-order valence-corrected chi connectivity index (χ3v) is 1.66. The maximum atomic E-state index is 10.7. The molecule has 1 aromatic carbocycles.